The Bertz CT molecular complexity index is 516. The van der Waals surface area contributed by atoms with E-state index in [0.29, 0.717) is 0 Å². The predicted octanol–water partition coefficient (Wildman–Crippen LogP) is 2.24. The van der Waals surface area contributed by atoms with Gasteiger partial charge in [-0.3, -0.25) is 4.79 Å². The highest BCUT2D eigenvalue weighted by molar-refractivity contribution is 5.75. The summed E-state index contributed by atoms with van der Waals surface area (Å²) in [6, 6.07) is 3.80. The van der Waals surface area contributed by atoms with Crippen LogP contribution in [0.25, 0.3) is 0 Å². The summed E-state index contributed by atoms with van der Waals surface area (Å²) >= 11 is 0. The van der Waals surface area contributed by atoms with Gasteiger partial charge < -0.3 is 14.9 Å². The number of hydrogen-bond acceptors (Lipinski definition) is 4. The van der Waals surface area contributed by atoms with Gasteiger partial charge in [-0.15, -0.1) is 0 Å². The standard InChI is InChI=1S/C14H16F2O5/c1-2-21-10(17)7-6-8-4-3-5-9(13(15)16)11(8)12(18)14(19)20/h3-5,12-13,18H,2,6-7H2,1H3,(H,19,20). The number of aliphatic hydroxyl groups is 1. The molecule has 0 aliphatic rings. The zero-order valence-corrected chi connectivity index (χ0v) is 11.4. The molecule has 1 rings (SSSR count). The molecule has 0 amide bonds. The van der Waals surface area contributed by atoms with Crippen LogP contribution in [0, 0.1) is 0 Å². The molecule has 0 aliphatic heterocycles. The van der Waals surface area contributed by atoms with Crippen LogP contribution in [0.3, 0.4) is 0 Å². The number of aryl methyl sites for hydroxylation is 1. The highest BCUT2D eigenvalue weighted by Crippen LogP contribution is 2.31. The molecule has 0 bridgehead atoms. The second-order valence-corrected chi connectivity index (χ2v) is 4.27. The van der Waals surface area contributed by atoms with E-state index in [-0.39, 0.29) is 30.6 Å². The molecule has 1 unspecified atom stereocenters. The number of ether oxygens (including phenoxy) is 1. The van der Waals surface area contributed by atoms with Crippen molar-refractivity contribution in [2.75, 3.05) is 6.61 Å². The lowest BCUT2D eigenvalue weighted by molar-refractivity contribution is -0.147. The summed E-state index contributed by atoms with van der Waals surface area (Å²) in [5, 5.41) is 18.5. The van der Waals surface area contributed by atoms with Gasteiger partial charge in [-0.2, -0.15) is 0 Å². The third-order valence-electron chi connectivity index (χ3n) is 2.88. The first-order chi connectivity index (χ1) is 9.88. The number of hydrogen-bond donors (Lipinski definition) is 2. The van der Waals surface area contributed by atoms with Crippen molar-refractivity contribution in [2.24, 2.45) is 0 Å². The van der Waals surface area contributed by atoms with Crippen molar-refractivity contribution in [1.82, 2.24) is 0 Å². The normalized spacial score (nSPS) is 12.2. The predicted molar refractivity (Wildman–Crippen MR) is 68.9 cm³/mol. The summed E-state index contributed by atoms with van der Waals surface area (Å²) in [6.07, 6.45) is -5.05. The quantitative estimate of drug-likeness (QED) is 0.755. The van der Waals surface area contributed by atoms with Crippen LogP contribution in [-0.2, 0) is 20.7 Å². The lowest BCUT2D eigenvalue weighted by Crippen LogP contribution is -2.16. The van der Waals surface area contributed by atoms with Crippen LogP contribution >= 0.6 is 0 Å². The molecule has 0 saturated heterocycles. The van der Waals surface area contributed by atoms with Crippen LogP contribution < -0.4 is 0 Å². The molecule has 21 heavy (non-hydrogen) atoms. The molecule has 1 aromatic carbocycles. The molecule has 2 N–H and O–H groups in total. The topological polar surface area (TPSA) is 83.8 Å². The van der Waals surface area contributed by atoms with E-state index in [9.17, 15) is 23.5 Å². The van der Waals surface area contributed by atoms with Gasteiger partial charge in [-0.05, 0) is 18.9 Å². The van der Waals surface area contributed by atoms with Gasteiger partial charge in [0.15, 0.2) is 6.10 Å². The molecule has 0 radical (unpaired) electrons. The Labute approximate surface area is 120 Å². The van der Waals surface area contributed by atoms with Gasteiger partial charge in [0.05, 0.1) is 6.61 Å². The Morgan fingerprint density at radius 2 is 2.00 bits per heavy atom. The number of halogens is 2. The number of rotatable bonds is 7. The van der Waals surface area contributed by atoms with Crippen molar-refractivity contribution >= 4 is 11.9 Å². The molecular weight excluding hydrogens is 286 g/mol. The molecule has 1 aromatic rings. The zero-order chi connectivity index (χ0) is 16.0. The highest BCUT2D eigenvalue weighted by atomic mass is 19.3. The molecule has 0 fully saturated rings. The van der Waals surface area contributed by atoms with Crippen molar-refractivity contribution in [2.45, 2.75) is 32.3 Å². The fourth-order valence-electron chi connectivity index (χ4n) is 1.97. The summed E-state index contributed by atoms with van der Waals surface area (Å²) in [6.45, 7) is 1.83. The maximum absolute atomic E-state index is 13.0. The number of esters is 1. The van der Waals surface area contributed by atoms with E-state index in [1.165, 1.54) is 12.1 Å². The van der Waals surface area contributed by atoms with E-state index in [1.54, 1.807) is 6.92 Å². The number of alkyl halides is 2. The number of aliphatic carboxylic acids is 1. The van der Waals surface area contributed by atoms with E-state index in [1.807, 2.05) is 0 Å². The molecule has 0 aliphatic carbocycles. The smallest absolute Gasteiger partial charge is 0.337 e. The van der Waals surface area contributed by atoms with Gasteiger partial charge in [-0.1, -0.05) is 18.2 Å². The number of carboxylic acids is 1. The first-order valence-electron chi connectivity index (χ1n) is 6.34. The fraction of sp³-hybridized carbons (Fsp3) is 0.429. The molecule has 5 nitrogen and oxygen atoms in total. The Kier molecular flexibility index (Phi) is 6.23. The maximum atomic E-state index is 13.0. The van der Waals surface area contributed by atoms with Crippen LogP contribution in [0.15, 0.2) is 18.2 Å². The zero-order valence-electron chi connectivity index (χ0n) is 11.4. The number of carbonyl (C=O) groups is 2. The molecular formula is C14H16F2O5. The number of carboxylic acid groups (broad SMARTS) is 1. The maximum Gasteiger partial charge on any atom is 0.337 e. The van der Waals surface area contributed by atoms with Crippen molar-refractivity contribution in [3.63, 3.8) is 0 Å². The first-order valence-corrected chi connectivity index (χ1v) is 6.34. The Balaban J connectivity index is 3.10. The van der Waals surface area contributed by atoms with Crippen LogP contribution in [-0.4, -0.2) is 28.8 Å². The lowest BCUT2D eigenvalue weighted by Gasteiger charge is -2.16. The summed E-state index contributed by atoms with van der Waals surface area (Å²) in [5.74, 6) is -2.14. The summed E-state index contributed by atoms with van der Waals surface area (Å²) in [4.78, 5) is 22.2. The molecule has 0 aromatic heterocycles. The van der Waals surface area contributed by atoms with Crippen molar-refractivity contribution in [3.8, 4) is 0 Å². The summed E-state index contributed by atoms with van der Waals surface area (Å²) < 4.78 is 30.6. The average Bonchev–Trinajstić information content (AvgIpc) is 2.43. The molecule has 116 valence electrons. The molecule has 0 heterocycles. The number of aliphatic hydroxyl groups excluding tert-OH is 1. The number of carbonyl (C=O) groups excluding carboxylic acids is 1. The summed E-state index contributed by atoms with van der Waals surface area (Å²) in [7, 11) is 0. The Morgan fingerprint density at radius 1 is 1.33 bits per heavy atom. The Hall–Kier alpha value is -2.02. The van der Waals surface area contributed by atoms with Gasteiger partial charge in [-0.25, -0.2) is 13.6 Å². The monoisotopic (exact) mass is 302 g/mol. The van der Waals surface area contributed by atoms with Crippen LogP contribution in [0.5, 0.6) is 0 Å². The fourth-order valence-corrected chi connectivity index (χ4v) is 1.97. The molecule has 0 saturated carbocycles. The van der Waals surface area contributed by atoms with Crippen molar-refractivity contribution < 1.29 is 33.3 Å². The van der Waals surface area contributed by atoms with Crippen LogP contribution in [0.1, 0.15) is 42.6 Å². The van der Waals surface area contributed by atoms with E-state index >= 15 is 0 Å². The highest BCUT2D eigenvalue weighted by Gasteiger charge is 2.26. The molecule has 7 heteroatoms. The van der Waals surface area contributed by atoms with Crippen LogP contribution in [0.4, 0.5) is 8.78 Å². The second-order valence-electron chi connectivity index (χ2n) is 4.27. The first kappa shape index (κ1) is 17.0. The SMILES string of the molecule is CCOC(=O)CCc1cccc(C(F)F)c1C(O)C(=O)O. The van der Waals surface area contributed by atoms with Gasteiger partial charge in [0, 0.05) is 17.5 Å². The van der Waals surface area contributed by atoms with Gasteiger partial charge in [0.1, 0.15) is 0 Å². The lowest BCUT2D eigenvalue weighted by atomic mass is 9.93. The average molecular weight is 302 g/mol. The third kappa shape index (κ3) is 4.49. The van der Waals surface area contributed by atoms with Gasteiger partial charge in [0.25, 0.3) is 6.43 Å². The van der Waals surface area contributed by atoms with Gasteiger partial charge in [0.2, 0.25) is 0 Å². The minimum atomic E-state index is -2.92. The van der Waals surface area contributed by atoms with Crippen molar-refractivity contribution in [1.29, 1.82) is 0 Å². The van der Waals surface area contributed by atoms with E-state index in [0.717, 1.165) is 6.07 Å². The van der Waals surface area contributed by atoms with Crippen LogP contribution in [0.2, 0.25) is 0 Å². The minimum Gasteiger partial charge on any atom is -0.479 e. The van der Waals surface area contributed by atoms with Gasteiger partial charge >= 0.3 is 11.9 Å². The second kappa shape index (κ2) is 7.68. The molecule has 0 spiro atoms. The summed E-state index contributed by atoms with van der Waals surface area (Å²) in [5.41, 5.74) is -0.716. The van der Waals surface area contributed by atoms with Crippen molar-refractivity contribution in [3.05, 3.63) is 34.9 Å². The van der Waals surface area contributed by atoms with E-state index in [4.69, 9.17) is 9.84 Å². The third-order valence-corrected chi connectivity index (χ3v) is 2.88. The van der Waals surface area contributed by atoms with E-state index in [2.05, 4.69) is 0 Å². The largest absolute Gasteiger partial charge is 0.479 e. The molecule has 1 atom stereocenters. The van der Waals surface area contributed by atoms with E-state index < -0.39 is 30.0 Å². The number of benzene rings is 1. The Morgan fingerprint density at radius 3 is 2.52 bits per heavy atom. The minimum absolute atomic E-state index is 0.0130.